The van der Waals surface area contributed by atoms with Gasteiger partial charge in [0.25, 0.3) is 5.91 Å². The Balaban J connectivity index is 1.78. The highest BCUT2D eigenvalue weighted by Crippen LogP contribution is 2.20. The lowest BCUT2D eigenvalue weighted by atomic mass is 9.91. The molecule has 0 radical (unpaired) electrons. The number of piperidine rings is 1. The average Bonchev–Trinajstić information content (AvgIpc) is 2.55. The van der Waals surface area contributed by atoms with E-state index < -0.39 is 6.10 Å². The van der Waals surface area contributed by atoms with Gasteiger partial charge in [0.1, 0.15) is 11.5 Å². The number of amides is 2. The number of aromatic hydroxyl groups is 1. The molecular weight excluding hydrogens is 332 g/mol. The quantitative estimate of drug-likeness (QED) is 0.844. The fraction of sp³-hybridized carbons (Fsp3) is 0.600. The van der Waals surface area contributed by atoms with Gasteiger partial charge >= 0.3 is 0 Å². The Morgan fingerprint density at radius 1 is 1.23 bits per heavy atom. The van der Waals surface area contributed by atoms with Gasteiger partial charge in [0.15, 0.2) is 6.10 Å². The summed E-state index contributed by atoms with van der Waals surface area (Å²) in [5.74, 6) is 0.726. The smallest absolute Gasteiger partial charge is 0.263 e. The molecular formula is C20H30N2O4. The Labute approximate surface area is 155 Å². The number of nitrogens with zero attached hydrogens (tertiary/aromatic N) is 1. The summed E-state index contributed by atoms with van der Waals surface area (Å²) in [7, 11) is 0. The SMILES string of the molecule is CC(Oc1ccc(O)cc1)C(=O)N1CCC(NC(=O)CC(C)(C)C)CC1. The minimum absolute atomic E-state index is 0.0260. The summed E-state index contributed by atoms with van der Waals surface area (Å²) in [5.41, 5.74) is -0.0260. The van der Waals surface area contributed by atoms with Crippen molar-refractivity contribution in [3.05, 3.63) is 24.3 Å². The molecule has 1 aromatic rings. The van der Waals surface area contributed by atoms with Crippen molar-refractivity contribution in [2.75, 3.05) is 13.1 Å². The van der Waals surface area contributed by atoms with E-state index in [-0.39, 0.29) is 29.0 Å². The number of rotatable bonds is 5. The highest BCUT2D eigenvalue weighted by atomic mass is 16.5. The predicted octanol–water partition coefficient (Wildman–Crippen LogP) is 2.70. The summed E-state index contributed by atoms with van der Waals surface area (Å²) in [5, 5.41) is 12.4. The zero-order valence-corrected chi connectivity index (χ0v) is 16.1. The molecule has 0 aromatic heterocycles. The Hall–Kier alpha value is -2.24. The molecule has 6 nitrogen and oxygen atoms in total. The van der Waals surface area contributed by atoms with Gasteiger partial charge in [0.05, 0.1) is 0 Å². The predicted molar refractivity (Wildman–Crippen MR) is 100 cm³/mol. The summed E-state index contributed by atoms with van der Waals surface area (Å²) in [6.07, 6.45) is 1.43. The summed E-state index contributed by atoms with van der Waals surface area (Å²) < 4.78 is 5.66. The third kappa shape index (κ3) is 6.24. The fourth-order valence-electron chi connectivity index (χ4n) is 3.04. The van der Waals surface area contributed by atoms with Gasteiger partial charge in [0.2, 0.25) is 5.91 Å². The van der Waals surface area contributed by atoms with Crippen LogP contribution in [0.25, 0.3) is 0 Å². The van der Waals surface area contributed by atoms with Crippen molar-refractivity contribution in [2.45, 2.75) is 59.1 Å². The van der Waals surface area contributed by atoms with Gasteiger partial charge < -0.3 is 20.1 Å². The van der Waals surface area contributed by atoms with Gasteiger partial charge in [-0.1, -0.05) is 20.8 Å². The lowest BCUT2D eigenvalue weighted by molar-refractivity contribution is -0.139. The highest BCUT2D eigenvalue weighted by molar-refractivity contribution is 5.81. The maximum Gasteiger partial charge on any atom is 0.263 e. The molecule has 6 heteroatoms. The normalized spacial score (nSPS) is 16.8. The van der Waals surface area contributed by atoms with Crippen molar-refractivity contribution >= 4 is 11.8 Å². The van der Waals surface area contributed by atoms with E-state index in [1.165, 1.54) is 12.1 Å². The first-order valence-electron chi connectivity index (χ1n) is 9.18. The van der Waals surface area contributed by atoms with Crippen molar-refractivity contribution < 1.29 is 19.4 Å². The summed E-state index contributed by atoms with van der Waals surface area (Å²) in [6.45, 7) is 9.09. The van der Waals surface area contributed by atoms with Gasteiger partial charge in [-0.25, -0.2) is 0 Å². The Morgan fingerprint density at radius 3 is 2.35 bits per heavy atom. The zero-order chi connectivity index (χ0) is 19.3. The van der Waals surface area contributed by atoms with E-state index in [1.54, 1.807) is 24.0 Å². The molecule has 1 saturated heterocycles. The number of hydrogen-bond acceptors (Lipinski definition) is 4. The molecule has 1 aliphatic rings. The van der Waals surface area contributed by atoms with E-state index in [4.69, 9.17) is 4.74 Å². The number of ether oxygens (including phenoxy) is 1. The van der Waals surface area contributed by atoms with Crippen LogP contribution in [-0.2, 0) is 9.59 Å². The Bertz CT molecular complexity index is 614. The molecule has 0 saturated carbocycles. The van der Waals surface area contributed by atoms with Gasteiger partial charge in [-0.15, -0.1) is 0 Å². The van der Waals surface area contributed by atoms with Crippen molar-refractivity contribution in [3.63, 3.8) is 0 Å². The number of phenols is 1. The monoisotopic (exact) mass is 362 g/mol. The fourth-order valence-corrected chi connectivity index (χ4v) is 3.04. The van der Waals surface area contributed by atoms with Crippen molar-refractivity contribution in [1.82, 2.24) is 10.2 Å². The van der Waals surface area contributed by atoms with Gasteiger partial charge in [-0.3, -0.25) is 9.59 Å². The van der Waals surface area contributed by atoms with Crippen molar-refractivity contribution in [2.24, 2.45) is 5.41 Å². The molecule has 2 N–H and O–H groups in total. The minimum Gasteiger partial charge on any atom is -0.508 e. The zero-order valence-electron chi connectivity index (χ0n) is 16.1. The molecule has 1 unspecified atom stereocenters. The first-order valence-corrected chi connectivity index (χ1v) is 9.18. The summed E-state index contributed by atoms with van der Waals surface area (Å²) in [6, 6.07) is 6.45. The van der Waals surface area contributed by atoms with Crippen LogP contribution in [0.1, 0.15) is 47.0 Å². The van der Waals surface area contributed by atoms with Crippen LogP contribution in [0.5, 0.6) is 11.5 Å². The maximum absolute atomic E-state index is 12.6. The van der Waals surface area contributed by atoms with E-state index >= 15 is 0 Å². The summed E-state index contributed by atoms with van der Waals surface area (Å²) >= 11 is 0. The summed E-state index contributed by atoms with van der Waals surface area (Å²) in [4.78, 5) is 26.4. The number of hydrogen-bond donors (Lipinski definition) is 2. The molecule has 2 rings (SSSR count). The Kier molecular flexibility index (Phi) is 6.51. The third-order valence-electron chi connectivity index (χ3n) is 4.36. The number of nitrogens with one attached hydrogen (secondary N) is 1. The number of likely N-dealkylation sites (tertiary alicyclic amines) is 1. The van der Waals surface area contributed by atoms with E-state index in [1.807, 2.05) is 20.8 Å². The van der Waals surface area contributed by atoms with Crippen LogP contribution < -0.4 is 10.1 Å². The van der Waals surface area contributed by atoms with Gasteiger partial charge in [0, 0.05) is 25.6 Å². The molecule has 2 amide bonds. The molecule has 144 valence electrons. The van der Waals surface area contributed by atoms with E-state index in [2.05, 4.69) is 5.32 Å². The molecule has 0 bridgehead atoms. The standard InChI is InChI=1S/C20H30N2O4/c1-14(26-17-7-5-16(23)6-8-17)19(25)22-11-9-15(10-12-22)21-18(24)13-20(2,3)4/h5-8,14-15,23H,9-13H2,1-4H3,(H,21,24). The van der Waals surface area contributed by atoms with Crippen molar-refractivity contribution in [1.29, 1.82) is 0 Å². The molecule has 1 atom stereocenters. The number of benzene rings is 1. The third-order valence-corrected chi connectivity index (χ3v) is 4.36. The van der Waals surface area contributed by atoms with Gasteiger partial charge in [-0.2, -0.15) is 0 Å². The minimum atomic E-state index is -0.591. The van der Waals surface area contributed by atoms with Crippen LogP contribution in [-0.4, -0.2) is 47.1 Å². The largest absolute Gasteiger partial charge is 0.508 e. The van der Waals surface area contributed by atoms with E-state index in [0.29, 0.717) is 25.3 Å². The first-order chi connectivity index (χ1) is 12.1. The van der Waals surface area contributed by atoms with Crippen LogP contribution in [0.2, 0.25) is 0 Å². The Morgan fingerprint density at radius 2 is 1.81 bits per heavy atom. The maximum atomic E-state index is 12.6. The molecule has 1 aliphatic heterocycles. The van der Waals surface area contributed by atoms with Gasteiger partial charge in [-0.05, 0) is 49.4 Å². The number of carbonyl (C=O) groups is 2. The van der Waals surface area contributed by atoms with Crippen LogP contribution in [0.3, 0.4) is 0 Å². The lowest BCUT2D eigenvalue weighted by Crippen LogP contribution is -2.49. The van der Waals surface area contributed by atoms with E-state index in [0.717, 1.165) is 12.8 Å². The molecule has 1 aromatic carbocycles. The second-order valence-electron chi connectivity index (χ2n) is 8.16. The highest BCUT2D eigenvalue weighted by Gasteiger charge is 2.28. The number of phenolic OH excluding ortho intramolecular Hbond substituents is 1. The molecule has 1 heterocycles. The second kappa shape index (κ2) is 8.43. The van der Waals surface area contributed by atoms with Crippen LogP contribution in [0.4, 0.5) is 0 Å². The molecule has 0 spiro atoms. The lowest BCUT2D eigenvalue weighted by Gasteiger charge is -2.34. The van der Waals surface area contributed by atoms with Crippen LogP contribution in [0.15, 0.2) is 24.3 Å². The van der Waals surface area contributed by atoms with Crippen LogP contribution in [0, 0.1) is 5.41 Å². The first kappa shape index (κ1) is 20.1. The van der Waals surface area contributed by atoms with Crippen molar-refractivity contribution in [3.8, 4) is 11.5 Å². The molecule has 0 aliphatic carbocycles. The molecule has 26 heavy (non-hydrogen) atoms. The van der Waals surface area contributed by atoms with Crippen LogP contribution >= 0.6 is 0 Å². The molecule has 1 fully saturated rings. The topological polar surface area (TPSA) is 78.9 Å². The number of carbonyl (C=O) groups excluding carboxylic acids is 2. The van der Waals surface area contributed by atoms with E-state index in [9.17, 15) is 14.7 Å². The average molecular weight is 362 g/mol. The second-order valence-corrected chi connectivity index (χ2v) is 8.16.